The average molecular weight is 343 g/mol. The fourth-order valence-electron chi connectivity index (χ4n) is 1.96. The Morgan fingerprint density at radius 3 is 2.64 bits per heavy atom. The second kappa shape index (κ2) is 6.45. The Hall–Kier alpha value is -1.93. The van der Waals surface area contributed by atoms with Crippen LogP contribution in [-0.2, 0) is 0 Å². The van der Waals surface area contributed by atoms with Crippen LogP contribution < -0.4 is 0 Å². The van der Waals surface area contributed by atoms with Gasteiger partial charge >= 0.3 is 0 Å². The number of hydrogen-bond acceptors (Lipinski definition) is 4. The minimum Gasteiger partial charge on any atom is -0.235 e. The number of nitrogens with zero attached hydrogens (tertiary/aromatic N) is 2. The van der Waals surface area contributed by atoms with Crippen LogP contribution in [0.15, 0.2) is 41.1 Å². The van der Waals surface area contributed by atoms with E-state index in [9.17, 15) is 5.26 Å². The fourth-order valence-corrected chi connectivity index (χ4v) is 3.74. The molecule has 5 heteroatoms. The first-order valence-corrected chi connectivity index (χ1v) is 8.69. The van der Waals surface area contributed by atoms with Crippen molar-refractivity contribution in [2.24, 2.45) is 0 Å². The van der Waals surface area contributed by atoms with Crippen molar-refractivity contribution in [2.75, 3.05) is 0 Å². The van der Waals surface area contributed by atoms with E-state index in [4.69, 9.17) is 11.6 Å². The lowest BCUT2D eigenvalue weighted by molar-refractivity contribution is 1.37. The van der Waals surface area contributed by atoms with Crippen molar-refractivity contribution in [2.45, 2.75) is 6.92 Å². The summed E-state index contributed by atoms with van der Waals surface area (Å²) in [7, 11) is 0. The molecule has 22 heavy (non-hydrogen) atoms. The van der Waals surface area contributed by atoms with E-state index in [1.807, 2.05) is 54.1 Å². The lowest BCUT2D eigenvalue weighted by atomic mass is 10.2. The Labute approximate surface area is 142 Å². The minimum absolute atomic E-state index is 0.593. The lowest BCUT2D eigenvalue weighted by Gasteiger charge is -1.97. The van der Waals surface area contributed by atoms with Crippen molar-refractivity contribution in [1.29, 1.82) is 5.26 Å². The Bertz CT molecular complexity index is 867. The molecule has 0 atom stereocenters. The molecule has 3 rings (SSSR count). The van der Waals surface area contributed by atoms with Gasteiger partial charge in [0.25, 0.3) is 0 Å². The van der Waals surface area contributed by atoms with Gasteiger partial charge in [-0.05, 0) is 42.1 Å². The summed E-state index contributed by atoms with van der Waals surface area (Å²) in [6, 6.07) is 11.8. The molecule has 0 N–H and O–H groups in total. The van der Waals surface area contributed by atoms with Gasteiger partial charge in [-0.1, -0.05) is 23.7 Å². The summed E-state index contributed by atoms with van der Waals surface area (Å²) in [6.07, 6.45) is 1.91. The zero-order valence-corrected chi connectivity index (χ0v) is 14.1. The van der Waals surface area contributed by atoms with E-state index in [0.717, 1.165) is 21.1 Å². The van der Waals surface area contributed by atoms with Gasteiger partial charge in [0, 0.05) is 20.8 Å². The minimum atomic E-state index is 0.593. The number of hydrogen-bond donors (Lipinski definition) is 0. The highest BCUT2D eigenvalue weighted by Gasteiger charge is 2.10. The zero-order valence-electron chi connectivity index (χ0n) is 11.7. The van der Waals surface area contributed by atoms with Crippen molar-refractivity contribution in [1.82, 2.24) is 4.98 Å². The molecule has 2 nitrogen and oxygen atoms in total. The SMILES string of the molecule is Cc1ccsc1/C=C(/C#N)c1nc(-c2ccc(Cl)cc2)cs1. The van der Waals surface area contributed by atoms with Crippen molar-refractivity contribution in [3.63, 3.8) is 0 Å². The molecular weight excluding hydrogens is 332 g/mol. The molecule has 0 radical (unpaired) electrons. The number of aromatic nitrogens is 1. The molecule has 2 aromatic heterocycles. The first-order valence-electron chi connectivity index (χ1n) is 6.55. The molecule has 2 heterocycles. The van der Waals surface area contributed by atoms with E-state index >= 15 is 0 Å². The van der Waals surface area contributed by atoms with Crippen molar-refractivity contribution in [3.05, 3.63) is 61.6 Å². The number of thiazole rings is 1. The van der Waals surface area contributed by atoms with E-state index in [-0.39, 0.29) is 0 Å². The van der Waals surface area contributed by atoms with Crippen LogP contribution in [0.5, 0.6) is 0 Å². The number of aryl methyl sites for hydroxylation is 1. The fraction of sp³-hybridized carbons (Fsp3) is 0.0588. The number of halogens is 1. The second-order valence-corrected chi connectivity index (χ2v) is 6.92. The predicted octanol–water partition coefficient (Wildman–Crippen LogP) is 5.90. The third-order valence-electron chi connectivity index (χ3n) is 3.17. The third kappa shape index (κ3) is 3.12. The standard InChI is InChI=1S/C17H11ClN2S2/c1-11-6-7-21-16(11)8-13(9-19)17-20-15(10-22-17)12-2-4-14(18)5-3-12/h2-8,10H,1H3/b13-8-. The Balaban J connectivity index is 1.95. The summed E-state index contributed by atoms with van der Waals surface area (Å²) in [5, 5.41) is 14.8. The van der Waals surface area contributed by atoms with Crippen LogP contribution in [0.2, 0.25) is 5.02 Å². The molecule has 0 amide bonds. The van der Waals surface area contributed by atoms with Crippen LogP contribution in [0.3, 0.4) is 0 Å². The lowest BCUT2D eigenvalue weighted by Crippen LogP contribution is -1.82. The van der Waals surface area contributed by atoms with Crippen LogP contribution in [-0.4, -0.2) is 4.98 Å². The van der Waals surface area contributed by atoms with Gasteiger partial charge in [-0.2, -0.15) is 5.26 Å². The third-order valence-corrected chi connectivity index (χ3v) is 5.27. The van der Waals surface area contributed by atoms with Crippen LogP contribution in [0, 0.1) is 18.3 Å². The van der Waals surface area contributed by atoms with Crippen molar-refractivity contribution in [3.8, 4) is 17.3 Å². The molecule has 0 bridgehead atoms. The van der Waals surface area contributed by atoms with Crippen LogP contribution in [0.25, 0.3) is 22.9 Å². The van der Waals surface area contributed by atoms with Crippen molar-refractivity contribution < 1.29 is 0 Å². The van der Waals surface area contributed by atoms with Gasteiger partial charge in [-0.3, -0.25) is 0 Å². The maximum Gasteiger partial charge on any atom is 0.134 e. The molecule has 0 saturated carbocycles. The molecule has 108 valence electrons. The molecular formula is C17H11ClN2S2. The number of allylic oxidation sites excluding steroid dienone is 1. The Kier molecular flexibility index (Phi) is 4.39. The van der Waals surface area contributed by atoms with Gasteiger partial charge in [0.05, 0.1) is 11.3 Å². The van der Waals surface area contributed by atoms with E-state index < -0.39 is 0 Å². The number of thiophene rings is 1. The summed E-state index contributed by atoms with van der Waals surface area (Å²) >= 11 is 9.01. The van der Waals surface area contributed by atoms with Crippen LogP contribution in [0.1, 0.15) is 15.4 Å². The van der Waals surface area contributed by atoms with E-state index in [0.29, 0.717) is 10.6 Å². The number of nitriles is 1. The number of benzene rings is 1. The van der Waals surface area contributed by atoms with E-state index in [2.05, 4.69) is 11.1 Å². The number of rotatable bonds is 3. The van der Waals surface area contributed by atoms with Gasteiger partial charge in [-0.15, -0.1) is 22.7 Å². The zero-order chi connectivity index (χ0) is 15.5. The maximum absolute atomic E-state index is 9.42. The predicted molar refractivity (Wildman–Crippen MR) is 95.1 cm³/mol. The molecule has 0 unspecified atom stereocenters. The topological polar surface area (TPSA) is 36.7 Å². The largest absolute Gasteiger partial charge is 0.235 e. The van der Waals surface area contributed by atoms with Crippen LogP contribution in [0.4, 0.5) is 0 Å². The first kappa shape index (κ1) is 15.0. The van der Waals surface area contributed by atoms with Gasteiger partial charge in [-0.25, -0.2) is 4.98 Å². The Morgan fingerprint density at radius 2 is 2.00 bits per heavy atom. The van der Waals surface area contributed by atoms with Gasteiger partial charge < -0.3 is 0 Å². The monoisotopic (exact) mass is 342 g/mol. The summed E-state index contributed by atoms with van der Waals surface area (Å²) in [6.45, 7) is 2.04. The molecule has 0 aliphatic heterocycles. The highest BCUT2D eigenvalue weighted by molar-refractivity contribution is 7.12. The van der Waals surface area contributed by atoms with Crippen molar-refractivity contribution >= 4 is 45.9 Å². The highest BCUT2D eigenvalue weighted by atomic mass is 35.5. The summed E-state index contributed by atoms with van der Waals surface area (Å²) < 4.78 is 0. The normalized spacial score (nSPS) is 11.4. The van der Waals surface area contributed by atoms with Crippen LogP contribution >= 0.6 is 34.3 Å². The quantitative estimate of drug-likeness (QED) is 0.556. The Morgan fingerprint density at radius 1 is 1.23 bits per heavy atom. The smallest absolute Gasteiger partial charge is 0.134 e. The molecule has 3 aromatic rings. The maximum atomic E-state index is 9.42. The molecule has 0 fully saturated rings. The molecule has 0 spiro atoms. The van der Waals surface area contributed by atoms with Gasteiger partial charge in [0.15, 0.2) is 0 Å². The molecule has 0 aliphatic carbocycles. The molecule has 1 aromatic carbocycles. The van der Waals surface area contributed by atoms with Gasteiger partial charge in [0.2, 0.25) is 0 Å². The first-order chi connectivity index (χ1) is 10.7. The average Bonchev–Trinajstić information content (AvgIpc) is 3.15. The molecule has 0 saturated heterocycles. The summed E-state index contributed by atoms with van der Waals surface area (Å²) in [5.41, 5.74) is 3.63. The van der Waals surface area contributed by atoms with Gasteiger partial charge in [0.1, 0.15) is 11.1 Å². The molecule has 0 aliphatic rings. The highest BCUT2D eigenvalue weighted by Crippen LogP contribution is 2.29. The summed E-state index contributed by atoms with van der Waals surface area (Å²) in [4.78, 5) is 5.68. The second-order valence-electron chi connectivity index (χ2n) is 4.68. The van der Waals surface area contributed by atoms with E-state index in [1.54, 1.807) is 11.3 Å². The van der Waals surface area contributed by atoms with E-state index in [1.165, 1.54) is 16.9 Å². The summed E-state index contributed by atoms with van der Waals surface area (Å²) in [5.74, 6) is 0.